The van der Waals surface area contributed by atoms with Crippen molar-refractivity contribution in [3.8, 4) is 5.82 Å². The number of nitrogens with one attached hydrogen (secondary N) is 3. The Hall–Kier alpha value is -4.15. The van der Waals surface area contributed by atoms with E-state index in [2.05, 4.69) is 38.1 Å². The molecule has 4 heterocycles. The van der Waals surface area contributed by atoms with Gasteiger partial charge in [-0.05, 0) is 31.4 Å². The van der Waals surface area contributed by atoms with Crippen molar-refractivity contribution in [2.45, 2.75) is 26.3 Å². The first kappa shape index (κ1) is 20.7. The highest BCUT2D eigenvalue weighted by molar-refractivity contribution is 6.00. The van der Waals surface area contributed by atoms with E-state index in [4.69, 9.17) is 0 Å². The van der Waals surface area contributed by atoms with Gasteiger partial charge in [-0.2, -0.15) is 14.7 Å². The van der Waals surface area contributed by atoms with Gasteiger partial charge in [0.05, 0.1) is 6.20 Å². The Morgan fingerprint density at radius 1 is 1.27 bits per heavy atom. The summed E-state index contributed by atoms with van der Waals surface area (Å²) in [6.07, 6.45) is 4.15. The highest BCUT2D eigenvalue weighted by atomic mass is 16.2. The number of hydrogen-bond donors (Lipinski definition) is 3. The molecule has 4 aromatic heterocycles. The lowest BCUT2D eigenvalue weighted by atomic mass is 10.3. The lowest BCUT2D eigenvalue weighted by Crippen LogP contribution is -2.26. The van der Waals surface area contributed by atoms with Gasteiger partial charge in [-0.3, -0.25) is 18.8 Å². The number of pyridine rings is 1. The summed E-state index contributed by atoms with van der Waals surface area (Å²) in [7, 11) is 3.58. The van der Waals surface area contributed by atoms with Gasteiger partial charge in [0, 0.05) is 44.2 Å². The summed E-state index contributed by atoms with van der Waals surface area (Å²) in [5, 5.41) is 17.9. The van der Waals surface area contributed by atoms with Crippen LogP contribution in [-0.2, 0) is 7.05 Å². The van der Waals surface area contributed by atoms with Crippen LogP contribution in [0.4, 0.5) is 17.3 Å². The molecule has 0 aliphatic heterocycles. The molecule has 0 aromatic carbocycles. The van der Waals surface area contributed by atoms with Gasteiger partial charge in [0.1, 0.15) is 22.9 Å². The van der Waals surface area contributed by atoms with Crippen molar-refractivity contribution in [2.75, 3.05) is 17.7 Å². The van der Waals surface area contributed by atoms with E-state index >= 15 is 0 Å². The van der Waals surface area contributed by atoms with Crippen molar-refractivity contribution in [1.29, 1.82) is 0 Å². The first-order valence-corrected chi connectivity index (χ1v) is 10.7. The molecule has 2 atom stereocenters. The first-order valence-electron chi connectivity index (χ1n) is 10.7. The maximum absolute atomic E-state index is 13.1. The van der Waals surface area contributed by atoms with E-state index in [1.807, 2.05) is 20.0 Å². The number of aryl methyl sites for hydroxylation is 2. The van der Waals surface area contributed by atoms with E-state index < -0.39 is 0 Å². The van der Waals surface area contributed by atoms with Crippen LogP contribution in [0, 0.1) is 12.8 Å². The standard InChI is InChI=1S/C22H25N9O2/c1-12-8-16(12)26-21(32)14-11-24-31-18(23-3)10-17(27-20(14)31)25-15-6-5-7-30(22(15)33)19-9-13(2)29(4)28-19/h5-7,9-12,16,23H,8H2,1-4H3,(H,25,27)(H,26,32)/t12-,16+/m0/s1. The van der Waals surface area contributed by atoms with E-state index in [-0.39, 0.29) is 17.5 Å². The number of nitrogens with zero attached hydrogens (tertiary/aromatic N) is 6. The minimum Gasteiger partial charge on any atom is -0.373 e. The Kier molecular flexibility index (Phi) is 4.88. The van der Waals surface area contributed by atoms with Gasteiger partial charge in [-0.1, -0.05) is 6.92 Å². The van der Waals surface area contributed by atoms with Crippen molar-refractivity contribution in [2.24, 2.45) is 13.0 Å². The smallest absolute Gasteiger partial charge is 0.280 e. The largest absolute Gasteiger partial charge is 0.373 e. The van der Waals surface area contributed by atoms with E-state index in [1.54, 1.807) is 40.6 Å². The molecule has 1 aliphatic carbocycles. The van der Waals surface area contributed by atoms with Gasteiger partial charge in [-0.25, -0.2) is 4.98 Å². The van der Waals surface area contributed by atoms with E-state index in [0.717, 1.165) is 12.1 Å². The maximum atomic E-state index is 13.1. The summed E-state index contributed by atoms with van der Waals surface area (Å²) in [6, 6.07) is 7.20. The van der Waals surface area contributed by atoms with Crippen LogP contribution in [0.3, 0.4) is 0 Å². The zero-order valence-electron chi connectivity index (χ0n) is 18.8. The third-order valence-corrected chi connectivity index (χ3v) is 5.96. The molecule has 11 heteroatoms. The quantitative estimate of drug-likeness (QED) is 0.412. The van der Waals surface area contributed by atoms with Gasteiger partial charge in [0.25, 0.3) is 11.5 Å². The molecule has 33 heavy (non-hydrogen) atoms. The molecule has 1 amide bonds. The van der Waals surface area contributed by atoms with Crippen LogP contribution in [0.2, 0.25) is 0 Å². The van der Waals surface area contributed by atoms with Crippen LogP contribution < -0.4 is 21.5 Å². The number of amides is 1. The van der Waals surface area contributed by atoms with Crippen LogP contribution in [-0.4, -0.2) is 47.9 Å². The predicted molar refractivity (Wildman–Crippen MR) is 124 cm³/mol. The number of hydrogen-bond acceptors (Lipinski definition) is 7. The molecule has 0 spiro atoms. The number of fused-ring (bicyclic) bond motifs is 1. The number of anilines is 3. The first-order chi connectivity index (χ1) is 15.9. The fraction of sp³-hybridized carbons (Fsp3) is 0.318. The summed E-state index contributed by atoms with van der Waals surface area (Å²) >= 11 is 0. The van der Waals surface area contributed by atoms with Gasteiger partial charge >= 0.3 is 0 Å². The van der Waals surface area contributed by atoms with E-state index in [0.29, 0.717) is 40.3 Å². The number of aromatic nitrogens is 6. The average molecular weight is 448 g/mol. The van der Waals surface area contributed by atoms with Crippen LogP contribution in [0.15, 0.2) is 41.5 Å². The van der Waals surface area contributed by atoms with E-state index in [1.165, 1.54) is 10.8 Å². The summed E-state index contributed by atoms with van der Waals surface area (Å²) in [6.45, 7) is 4.02. The summed E-state index contributed by atoms with van der Waals surface area (Å²) in [4.78, 5) is 30.5. The topological polar surface area (TPSA) is 123 Å². The molecule has 0 unspecified atom stereocenters. The van der Waals surface area contributed by atoms with Crippen LogP contribution in [0.5, 0.6) is 0 Å². The van der Waals surface area contributed by atoms with Crippen LogP contribution >= 0.6 is 0 Å². The molecule has 3 N–H and O–H groups in total. The number of rotatable bonds is 6. The second-order valence-corrected chi connectivity index (χ2v) is 8.35. The van der Waals surface area contributed by atoms with Crippen molar-refractivity contribution < 1.29 is 4.79 Å². The van der Waals surface area contributed by atoms with Gasteiger partial charge in [0.15, 0.2) is 11.5 Å². The molecule has 1 aliphatic rings. The minimum atomic E-state index is -0.266. The SMILES string of the molecule is CNc1cc(Nc2cccn(-c3cc(C)n(C)n3)c2=O)nc2c(C(=O)N[C@@H]3C[C@@H]3C)cnn12. The highest BCUT2D eigenvalue weighted by Gasteiger charge is 2.34. The molecule has 0 saturated heterocycles. The molecule has 11 nitrogen and oxygen atoms in total. The Bertz CT molecular complexity index is 1410. The van der Waals surface area contributed by atoms with Crippen LogP contribution in [0.25, 0.3) is 11.5 Å². The molecule has 170 valence electrons. The Morgan fingerprint density at radius 3 is 2.73 bits per heavy atom. The zero-order valence-corrected chi connectivity index (χ0v) is 18.8. The molecular weight excluding hydrogens is 422 g/mol. The summed E-state index contributed by atoms with van der Waals surface area (Å²) in [5.74, 6) is 1.84. The fourth-order valence-corrected chi connectivity index (χ4v) is 3.70. The fourth-order valence-electron chi connectivity index (χ4n) is 3.70. The summed E-state index contributed by atoms with van der Waals surface area (Å²) in [5.41, 5.74) is 1.78. The second kappa shape index (κ2) is 7.76. The molecule has 0 bridgehead atoms. The average Bonchev–Trinajstić information content (AvgIpc) is 3.16. The minimum absolute atomic E-state index is 0.190. The van der Waals surface area contributed by atoms with Gasteiger partial charge < -0.3 is 16.0 Å². The molecule has 1 fully saturated rings. The third kappa shape index (κ3) is 3.71. The Morgan fingerprint density at radius 2 is 2.06 bits per heavy atom. The van der Waals surface area contributed by atoms with Crippen molar-refractivity contribution >= 4 is 28.9 Å². The molecule has 1 saturated carbocycles. The monoisotopic (exact) mass is 447 g/mol. The highest BCUT2D eigenvalue weighted by Crippen LogP contribution is 2.29. The molecule has 0 radical (unpaired) electrons. The van der Waals surface area contributed by atoms with Gasteiger partial charge in [0.2, 0.25) is 0 Å². The molecule has 4 aromatic rings. The normalized spacial score (nSPS) is 17.2. The Balaban J connectivity index is 1.51. The molecule has 5 rings (SSSR count). The third-order valence-electron chi connectivity index (χ3n) is 5.96. The van der Waals surface area contributed by atoms with Gasteiger partial charge in [-0.15, -0.1) is 0 Å². The lowest BCUT2D eigenvalue weighted by molar-refractivity contribution is 0.0951. The predicted octanol–water partition coefficient (Wildman–Crippen LogP) is 1.85. The number of carbonyl (C=O) groups excluding carboxylic acids is 1. The maximum Gasteiger partial charge on any atom is 0.280 e. The van der Waals surface area contributed by atoms with E-state index in [9.17, 15) is 9.59 Å². The number of carbonyl (C=O) groups is 1. The van der Waals surface area contributed by atoms with Crippen LogP contribution in [0.1, 0.15) is 29.4 Å². The van der Waals surface area contributed by atoms with Crippen molar-refractivity contribution in [3.05, 3.63) is 58.3 Å². The summed E-state index contributed by atoms with van der Waals surface area (Å²) < 4.78 is 4.75. The second-order valence-electron chi connectivity index (χ2n) is 8.35. The lowest BCUT2D eigenvalue weighted by Gasteiger charge is -2.11. The van der Waals surface area contributed by atoms with Crippen molar-refractivity contribution in [1.82, 2.24) is 34.3 Å². The zero-order chi connectivity index (χ0) is 23.3. The van der Waals surface area contributed by atoms with Crippen molar-refractivity contribution in [3.63, 3.8) is 0 Å². The Labute approximate surface area is 189 Å². The molecular formula is C22H25N9O2.